The zero-order chi connectivity index (χ0) is 25.5. The molecule has 0 bridgehead atoms. The van der Waals surface area contributed by atoms with Crippen LogP contribution in [0, 0.1) is 0 Å². The highest BCUT2D eigenvalue weighted by atomic mass is 79.9. The first kappa shape index (κ1) is 25.1. The van der Waals surface area contributed by atoms with Gasteiger partial charge in [0.2, 0.25) is 5.88 Å². The first-order valence-electron chi connectivity index (χ1n) is 10.6. The molecule has 0 saturated heterocycles. The van der Waals surface area contributed by atoms with Crippen LogP contribution in [-0.2, 0) is 16.6 Å². The number of rotatable bonds is 9. The van der Waals surface area contributed by atoms with Crippen LogP contribution in [0.2, 0.25) is 0 Å². The maximum absolute atomic E-state index is 12.6. The minimum absolute atomic E-state index is 0.00760. The van der Waals surface area contributed by atoms with E-state index in [9.17, 15) is 13.2 Å². The molecule has 0 aliphatic rings. The van der Waals surface area contributed by atoms with E-state index >= 15 is 0 Å². The van der Waals surface area contributed by atoms with Crippen LogP contribution < -0.4 is 19.5 Å². The number of halogens is 1. The molecule has 9 nitrogen and oxygen atoms in total. The predicted octanol–water partition coefficient (Wildman–Crippen LogP) is 4.88. The summed E-state index contributed by atoms with van der Waals surface area (Å²) in [6.07, 6.45) is 1.19. The Balaban J connectivity index is 1.35. The fourth-order valence-corrected chi connectivity index (χ4v) is 4.34. The largest absolute Gasteiger partial charge is 0.489 e. The van der Waals surface area contributed by atoms with Crippen molar-refractivity contribution in [3.05, 3.63) is 101 Å². The summed E-state index contributed by atoms with van der Waals surface area (Å²) in [5.74, 6) is 0.727. The van der Waals surface area contributed by atoms with Crippen molar-refractivity contribution in [3.63, 3.8) is 0 Å². The maximum Gasteiger partial charge on any atom is 0.263 e. The lowest BCUT2D eigenvalue weighted by Crippen LogP contribution is -2.15. The molecular weight excluding hydrogens is 548 g/mol. The standard InChI is InChI=1S/C25H21BrN4O5S/c1-34-24-14-23(27-16-28-24)30-36(32,33)22-12-8-20(9-13-22)29-25(31)18-4-2-17(3-5-18)15-35-21-10-6-19(26)7-11-21/h2-14,16H,15H2,1H3,(H,29,31)(H,27,28,30). The Morgan fingerprint density at radius 3 is 2.31 bits per heavy atom. The van der Waals surface area contributed by atoms with Gasteiger partial charge in [-0.1, -0.05) is 28.1 Å². The average Bonchev–Trinajstić information content (AvgIpc) is 2.89. The number of amides is 1. The lowest BCUT2D eigenvalue weighted by Gasteiger charge is -2.10. The van der Waals surface area contributed by atoms with Gasteiger partial charge in [0, 0.05) is 21.8 Å². The van der Waals surface area contributed by atoms with Gasteiger partial charge in [-0.3, -0.25) is 9.52 Å². The fraction of sp³-hybridized carbons (Fsp3) is 0.0800. The van der Waals surface area contributed by atoms with E-state index in [1.54, 1.807) is 12.1 Å². The molecule has 0 unspecified atom stereocenters. The molecule has 0 saturated carbocycles. The molecule has 4 aromatic rings. The number of anilines is 2. The summed E-state index contributed by atoms with van der Waals surface area (Å²) in [6.45, 7) is 0.370. The number of hydrogen-bond donors (Lipinski definition) is 2. The van der Waals surface area contributed by atoms with Crippen LogP contribution in [0.4, 0.5) is 11.5 Å². The summed E-state index contributed by atoms with van der Waals surface area (Å²) in [5.41, 5.74) is 1.82. The van der Waals surface area contributed by atoms with Crippen molar-refractivity contribution in [1.82, 2.24) is 9.97 Å². The highest BCUT2D eigenvalue weighted by Crippen LogP contribution is 2.20. The SMILES string of the molecule is COc1cc(NS(=O)(=O)c2ccc(NC(=O)c3ccc(COc4ccc(Br)cc4)cc3)cc2)ncn1. The van der Waals surface area contributed by atoms with E-state index in [1.165, 1.54) is 43.8 Å². The van der Waals surface area contributed by atoms with Gasteiger partial charge in [0.15, 0.2) is 0 Å². The molecule has 0 fully saturated rings. The average molecular weight is 569 g/mol. The number of carbonyl (C=O) groups is 1. The normalized spacial score (nSPS) is 10.9. The minimum Gasteiger partial charge on any atom is -0.489 e. The molecule has 0 atom stereocenters. The topological polar surface area (TPSA) is 120 Å². The van der Waals surface area contributed by atoms with Crippen molar-refractivity contribution in [3.8, 4) is 11.6 Å². The summed E-state index contributed by atoms with van der Waals surface area (Å²) in [5, 5.41) is 2.76. The van der Waals surface area contributed by atoms with E-state index in [-0.39, 0.29) is 22.5 Å². The number of carbonyl (C=O) groups excluding carboxylic acids is 1. The maximum atomic E-state index is 12.6. The Morgan fingerprint density at radius 2 is 1.64 bits per heavy atom. The Hall–Kier alpha value is -3.96. The van der Waals surface area contributed by atoms with Gasteiger partial charge in [0.25, 0.3) is 15.9 Å². The van der Waals surface area contributed by atoms with Crippen LogP contribution in [0.15, 0.2) is 94.6 Å². The lowest BCUT2D eigenvalue weighted by molar-refractivity contribution is 0.102. The zero-order valence-electron chi connectivity index (χ0n) is 19.0. The lowest BCUT2D eigenvalue weighted by atomic mass is 10.1. The third-order valence-corrected chi connectivity index (χ3v) is 6.85. The molecule has 3 aromatic carbocycles. The van der Waals surface area contributed by atoms with Crippen LogP contribution in [0.5, 0.6) is 11.6 Å². The van der Waals surface area contributed by atoms with Gasteiger partial charge >= 0.3 is 0 Å². The molecule has 11 heteroatoms. The Labute approximate surface area is 216 Å². The molecule has 0 aliphatic heterocycles. The summed E-state index contributed by atoms with van der Waals surface area (Å²) in [6, 6.07) is 21.7. The molecule has 0 spiro atoms. The number of hydrogen-bond acceptors (Lipinski definition) is 7. The number of benzene rings is 3. The van der Waals surface area contributed by atoms with Crippen LogP contribution in [0.3, 0.4) is 0 Å². The monoisotopic (exact) mass is 568 g/mol. The van der Waals surface area contributed by atoms with Crippen LogP contribution in [-0.4, -0.2) is 31.4 Å². The molecule has 184 valence electrons. The smallest absolute Gasteiger partial charge is 0.263 e. The first-order chi connectivity index (χ1) is 17.3. The van der Waals surface area contributed by atoms with E-state index in [1.807, 2.05) is 36.4 Å². The van der Waals surface area contributed by atoms with Crippen molar-refractivity contribution >= 4 is 43.4 Å². The number of ether oxygens (including phenoxy) is 2. The fourth-order valence-electron chi connectivity index (χ4n) is 3.07. The van der Waals surface area contributed by atoms with Gasteiger partial charge in [0.05, 0.1) is 12.0 Å². The minimum atomic E-state index is -3.89. The highest BCUT2D eigenvalue weighted by Gasteiger charge is 2.16. The molecule has 0 aliphatic carbocycles. The van der Waals surface area contributed by atoms with Crippen molar-refractivity contribution in [2.45, 2.75) is 11.5 Å². The van der Waals surface area contributed by atoms with E-state index < -0.39 is 10.0 Å². The molecular formula is C25H21BrN4O5S. The Kier molecular flexibility index (Phi) is 7.81. The second-order valence-electron chi connectivity index (χ2n) is 7.47. The summed E-state index contributed by atoms with van der Waals surface area (Å²) in [4.78, 5) is 20.3. The highest BCUT2D eigenvalue weighted by molar-refractivity contribution is 9.10. The van der Waals surface area contributed by atoms with Crippen molar-refractivity contribution < 1.29 is 22.7 Å². The second-order valence-corrected chi connectivity index (χ2v) is 10.1. The summed E-state index contributed by atoms with van der Waals surface area (Å²) in [7, 11) is -2.47. The number of nitrogens with zero attached hydrogens (tertiary/aromatic N) is 2. The molecule has 1 aromatic heterocycles. The molecule has 2 N–H and O–H groups in total. The number of sulfonamides is 1. The van der Waals surface area contributed by atoms with Crippen LogP contribution in [0.25, 0.3) is 0 Å². The van der Waals surface area contributed by atoms with Gasteiger partial charge in [-0.2, -0.15) is 0 Å². The Morgan fingerprint density at radius 1 is 0.944 bits per heavy atom. The van der Waals surface area contributed by atoms with E-state index in [0.717, 1.165) is 15.8 Å². The second kappa shape index (κ2) is 11.2. The number of aromatic nitrogens is 2. The number of methoxy groups -OCH3 is 1. The molecule has 1 heterocycles. The van der Waals surface area contributed by atoms with Gasteiger partial charge < -0.3 is 14.8 Å². The molecule has 1 amide bonds. The van der Waals surface area contributed by atoms with E-state index in [4.69, 9.17) is 9.47 Å². The van der Waals surface area contributed by atoms with Crippen molar-refractivity contribution in [1.29, 1.82) is 0 Å². The summed E-state index contributed by atoms with van der Waals surface area (Å²) < 4.78 is 39.3. The van der Waals surface area contributed by atoms with Gasteiger partial charge in [0.1, 0.15) is 24.5 Å². The van der Waals surface area contributed by atoms with Gasteiger partial charge in [-0.05, 0) is 66.2 Å². The zero-order valence-corrected chi connectivity index (χ0v) is 21.4. The third kappa shape index (κ3) is 6.58. The van der Waals surface area contributed by atoms with E-state index in [2.05, 4.69) is 35.9 Å². The van der Waals surface area contributed by atoms with Gasteiger partial charge in [-0.25, -0.2) is 18.4 Å². The van der Waals surface area contributed by atoms with Crippen LogP contribution >= 0.6 is 15.9 Å². The molecule has 0 radical (unpaired) electrons. The first-order valence-corrected chi connectivity index (χ1v) is 12.9. The number of nitrogens with one attached hydrogen (secondary N) is 2. The Bertz CT molecular complexity index is 1450. The van der Waals surface area contributed by atoms with Gasteiger partial charge in [-0.15, -0.1) is 0 Å². The molecule has 4 rings (SSSR count). The van der Waals surface area contributed by atoms with E-state index in [0.29, 0.717) is 17.9 Å². The predicted molar refractivity (Wildman–Crippen MR) is 139 cm³/mol. The third-order valence-electron chi connectivity index (χ3n) is 4.95. The molecule has 36 heavy (non-hydrogen) atoms. The quantitative estimate of drug-likeness (QED) is 0.295. The summed E-state index contributed by atoms with van der Waals surface area (Å²) >= 11 is 3.38. The van der Waals surface area contributed by atoms with Crippen LogP contribution in [0.1, 0.15) is 15.9 Å². The van der Waals surface area contributed by atoms with Crippen molar-refractivity contribution in [2.75, 3.05) is 17.1 Å². The van der Waals surface area contributed by atoms with Crippen molar-refractivity contribution in [2.24, 2.45) is 0 Å².